The van der Waals surface area contributed by atoms with Crippen LogP contribution >= 0.6 is 0 Å². The molecule has 4 heterocycles. The Morgan fingerprint density at radius 1 is 0.895 bits per heavy atom. The van der Waals surface area contributed by atoms with Gasteiger partial charge in [0.15, 0.2) is 11.3 Å². The van der Waals surface area contributed by atoms with Gasteiger partial charge in [-0.2, -0.15) is 0 Å². The first-order valence-corrected chi connectivity index (χ1v) is 13.5. The number of benzene rings is 2. The smallest absolute Gasteiger partial charge is 0.281 e. The number of fused-ring (bicyclic) bond motifs is 3. The summed E-state index contributed by atoms with van der Waals surface area (Å²) in [6, 6.07) is 19.3. The third-order valence-corrected chi connectivity index (χ3v) is 8.60. The van der Waals surface area contributed by atoms with Crippen molar-refractivity contribution in [3.05, 3.63) is 100 Å². The number of hydrogen-bond donors (Lipinski definition) is 0. The van der Waals surface area contributed by atoms with Crippen LogP contribution in [0.5, 0.6) is 0 Å². The van der Waals surface area contributed by atoms with Gasteiger partial charge in [-0.15, -0.1) is 5.10 Å². The van der Waals surface area contributed by atoms with Gasteiger partial charge in [0.25, 0.3) is 5.56 Å². The summed E-state index contributed by atoms with van der Waals surface area (Å²) in [5, 5.41) is 5.40. The Morgan fingerprint density at radius 3 is 2.24 bits per heavy atom. The maximum atomic E-state index is 14.1. The lowest BCUT2D eigenvalue weighted by Crippen LogP contribution is -2.21. The second-order valence-electron chi connectivity index (χ2n) is 9.24. The summed E-state index contributed by atoms with van der Waals surface area (Å²) in [4.78, 5) is 23.2. The van der Waals surface area contributed by atoms with Gasteiger partial charge < -0.3 is 0 Å². The van der Waals surface area contributed by atoms with Crippen molar-refractivity contribution in [2.24, 2.45) is 7.05 Å². The minimum Gasteiger partial charge on any atom is -0.285 e. The summed E-state index contributed by atoms with van der Waals surface area (Å²) in [6.45, 7) is 5.60. The summed E-state index contributed by atoms with van der Waals surface area (Å²) in [5.74, 6) is 0. The standard InChI is InChI=1S/C28H24N6O3S/c1-17-15-18(2)30-26-23(17)27-29-16-22(38(36,37)21-13-9-6-10-14-21)25(33(27)31-26)24-19(3)32(4)34(28(24)35)20-11-7-5-8-12-20/h5-16H,1-4H3. The van der Waals surface area contributed by atoms with E-state index in [0.717, 1.165) is 11.3 Å². The number of hydrogen-bond acceptors (Lipinski definition) is 6. The highest BCUT2D eigenvalue weighted by molar-refractivity contribution is 7.91. The first-order chi connectivity index (χ1) is 18.2. The average Bonchev–Trinajstić information content (AvgIpc) is 3.38. The molecule has 0 aliphatic carbocycles. The van der Waals surface area contributed by atoms with Gasteiger partial charge >= 0.3 is 0 Å². The zero-order valence-electron chi connectivity index (χ0n) is 21.2. The topological polar surface area (TPSA) is 104 Å². The largest absolute Gasteiger partial charge is 0.285 e. The van der Waals surface area contributed by atoms with Crippen molar-refractivity contribution in [1.29, 1.82) is 0 Å². The van der Waals surface area contributed by atoms with Crippen LogP contribution in [0.2, 0.25) is 0 Å². The SMILES string of the molecule is Cc1cc(C)c2c(n1)nn1c(-c3c(C)n(C)n(-c4ccccc4)c3=O)c(S(=O)(=O)c3ccccc3)cnc21. The van der Waals surface area contributed by atoms with E-state index in [4.69, 9.17) is 5.10 Å². The molecule has 0 atom stereocenters. The van der Waals surface area contributed by atoms with Crippen molar-refractivity contribution >= 4 is 26.5 Å². The Bertz CT molecular complexity index is 2040. The molecule has 4 aromatic heterocycles. The third kappa shape index (κ3) is 3.41. The van der Waals surface area contributed by atoms with Gasteiger partial charge in [-0.1, -0.05) is 36.4 Å². The predicted molar refractivity (Wildman–Crippen MR) is 144 cm³/mol. The fourth-order valence-corrected chi connectivity index (χ4v) is 6.37. The molecular weight excluding hydrogens is 500 g/mol. The van der Waals surface area contributed by atoms with Gasteiger partial charge in [-0.25, -0.2) is 27.6 Å². The molecule has 0 amide bonds. The number of para-hydroxylation sites is 1. The normalized spacial score (nSPS) is 12.0. The Balaban J connectivity index is 1.79. The van der Waals surface area contributed by atoms with Gasteiger partial charge in [0.2, 0.25) is 9.84 Å². The van der Waals surface area contributed by atoms with Crippen molar-refractivity contribution in [2.45, 2.75) is 30.6 Å². The van der Waals surface area contributed by atoms with Crippen LogP contribution in [-0.4, -0.2) is 37.4 Å². The second-order valence-corrected chi connectivity index (χ2v) is 11.2. The van der Waals surface area contributed by atoms with E-state index in [1.165, 1.54) is 27.5 Å². The van der Waals surface area contributed by atoms with E-state index in [-0.39, 0.29) is 26.6 Å². The van der Waals surface area contributed by atoms with E-state index in [0.29, 0.717) is 28.1 Å². The highest BCUT2D eigenvalue weighted by Crippen LogP contribution is 2.34. The molecule has 10 heteroatoms. The predicted octanol–water partition coefficient (Wildman–Crippen LogP) is 4.19. The van der Waals surface area contributed by atoms with Crippen molar-refractivity contribution in [3.8, 4) is 16.9 Å². The summed E-state index contributed by atoms with van der Waals surface area (Å²) in [7, 11) is -2.30. The van der Waals surface area contributed by atoms with E-state index < -0.39 is 9.84 Å². The number of rotatable bonds is 4. The number of aromatic nitrogens is 6. The molecule has 0 unspecified atom stereocenters. The molecule has 0 saturated carbocycles. The van der Waals surface area contributed by atoms with E-state index in [9.17, 15) is 13.2 Å². The van der Waals surface area contributed by atoms with Gasteiger partial charge in [0.05, 0.1) is 27.7 Å². The molecule has 0 fully saturated rings. The molecule has 0 spiro atoms. The molecule has 6 aromatic rings. The lowest BCUT2D eigenvalue weighted by Gasteiger charge is -2.12. The maximum Gasteiger partial charge on any atom is 0.281 e. The molecule has 2 aromatic carbocycles. The van der Waals surface area contributed by atoms with Crippen molar-refractivity contribution < 1.29 is 8.42 Å². The zero-order chi connectivity index (χ0) is 26.8. The van der Waals surface area contributed by atoms with Gasteiger partial charge in [0, 0.05) is 18.4 Å². The molecule has 0 saturated heterocycles. The van der Waals surface area contributed by atoms with Gasteiger partial charge in [-0.05, 0) is 56.7 Å². The Hall–Kier alpha value is -4.57. The first kappa shape index (κ1) is 23.8. The summed E-state index contributed by atoms with van der Waals surface area (Å²) in [5.41, 5.74) is 3.80. The highest BCUT2D eigenvalue weighted by Gasteiger charge is 2.31. The van der Waals surface area contributed by atoms with Crippen molar-refractivity contribution in [3.63, 3.8) is 0 Å². The third-order valence-electron chi connectivity index (χ3n) is 6.83. The molecule has 0 aliphatic rings. The van der Waals surface area contributed by atoms with Crippen molar-refractivity contribution in [1.82, 2.24) is 28.9 Å². The molecule has 0 aliphatic heterocycles. The Kier molecular flexibility index (Phi) is 5.32. The van der Waals surface area contributed by atoms with Crippen LogP contribution in [0.3, 0.4) is 0 Å². The molecule has 190 valence electrons. The molecule has 38 heavy (non-hydrogen) atoms. The highest BCUT2D eigenvalue weighted by atomic mass is 32.2. The Labute approximate surface area is 218 Å². The van der Waals surface area contributed by atoms with Gasteiger partial charge in [0.1, 0.15) is 10.6 Å². The van der Waals surface area contributed by atoms with E-state index in [1.807, 2.05) is 50.2 Å². The molecule has 9 nitrogen and oxygen atoms in total. The Morgan fingerprint density at radius 2 is 1.55 bits per heavy atom. The fourth-order valence-electron chi connectivity index (χ4n) is 4.97. The number of pyridine rings is 1. The average molecular weight is 525 g/mol. The quantitative estimate of drug-likeness (QED) is 0.343. The fraction of sp³-hybridized carbons (Fsp3) is 0.143. The van der Waals surface area contributed by atoms with Crippen molar-refractivity contribution in [2.75, 3.05) is 0 Å². The zero-order valence-corrected chi connectivity index (χ0v) is 22.1. The van der Waals surface area contributed by atoms with E-state index >= 15 is 0 Å². The van der Waals surface area contributed by atoms with Crippen LogP contribution < -0.4 is 5.56 Å². The summed E-state index contributed by atoms with van der Waals surface area (Å²) in [6.07, 6.45) is 1.33. The van der Waals surface area contributed by atoms with Gasteiger partial charge in [-0.3, -0.25) is 9.48 Å². The van der Waals surface area contributed by atoms with E-state index in [2.05, 4.69) is 9.97 Å². The van der Waals surface area contributed by atoms with Crippen LogP contribution in [0.15, 0.2) is 87.5 Å². The molecule has 0 N–H and O–H groups in total. The van der Waals surface area contributed by atoms with Crippen LogP contribution in [0.4, 0.5) is 0 Å². The number of sulfone groups is 1. The van der Waals surface area contributed by atoms with Crippen LogP contribution in [0.1, 0.15) is 17.0 Å². The first-order valence-electron chi connectivity index (χ1n) is 12.0. The second kappa shape index (κ2) is 8.49. The minimum atomic E-state index is -4.07. The number of nitrogens with zero attached hydrogens (tertiary/aromatic N) is 6. The summed E-state index contributed by atoms with van der Waals surface area (Å²) >= 11 is 0. The molecule has 6 rings (SSSR count). The van der Waals surface area contributed by atoms with E-state index in [1.54, 1.807) is 36.9 Å². The minimum absolute atomic E-state index is 0.0984. The molecule has 0 radical (unpaired) electrons. The monoisotopic (exact) mass is 524 g/mol. The lowest BCUT2D eigenvalue weighted by molar-refractivity contribution is 0.595. The summed E-state index contributed by atoms with van der Waals surface area (Å²) < 4.78 is 32.7. The maximum absolute atomic E-state index is 14.1. The van der Waals surface area contributed by atoms with Crippen LogP contribution in [-0.2, 0) is 16.9 Å². The van der Waals surface area contributed by atoms with Crippen LogP contribution in [0, 0.1) is 20.8 Å². The molecular formula is C28H24N6O3S. The lowest BCUT2D eigenvalue weighted by atomic mass is 10.1. The molecule has 0 bridgehead atoms. The number of aryl methyl sites for hydroxylation is 2. The van der Waals surface area contributed by atoms with Crippen LogP contribution in [0.25, 0.3) is 33.6 Å².